The second-order valence-corrected chi connectivity index (χ2v) is 4.96. The van der Waals surface area contributed by atoms with Crippen LogP contribution >= 0.6 is 11.3 Å². The first-order chi connectivity index (χ1) is 9.50. The molecule has 0 aliphatic heterocycles. The van der Waals surface area contributed by atoms with E-state index in [1.165, 1.54) is 17.7 Å². The summed E-state index contributed by atoms with van der Waals surface area (Å²) in [5.41, 5.74) is 0.432. The minimum atomic E-state index is -4.50. The topological polar surface area (TPSA) is 35.8 Å². The van der Waals surface area contributed by atoms with E-state index in [0.717, 1.165) is 12.5 Å². The first-order valence-corrected chi connectivity index (χ1v) is 6.81. The summed E-state index contributed by atoms with van der Waals surface area (Å²) in [5, 5.41) is 15.8. The van der Waals surface area contributed by atoms with Gasteiger partial charge in [0.1, 0.15) is 0 Å². The number of benzene rings is 1. The van der Waals surface area contributed by atoms with Gasteiger partial charge < -0.3 is 5.32 Å². The zero-order chi connectivity index (χ0) is 14.6. The van der Waals surface area contributed by atoms with Crippen molar-refractivity contribution in [2.75, 3.05) is 11.9 Å². The van der Waals surface area contributed by atoms with Crippen molar-refractivity contribution >= 4 is 17.0 Å². The fourth-order valence-corrected chi connectivity index (χ4v) is 2.48. The number of anilines is 1. The van der Waals surface area contributed by atoms with E-state index in [0.29, 0.717) is 12.2 Å². The molecule has 0 unspecified atom stereocenters. The fourth-order valence-electron chi connectivity index (χ4n) is 1.78. The predicted octanol–water partition coefficient (Wildman–Crippen LogP) is 4.29. The van der Waals surface area contributed by atoms with Crippen LogP contribution in [-0.2, 0) is 12.6 Å². The Morgan fingerprint density at radius 1 is 1.25 bits per heavy atom. The molecule has 2 aromatic rings. The van der Waals surface area contributed by atoms with Gasteiger partial charge in [-0.1, -0.05) is 0 Å². The molecule has 0 atom stereocenters. The number of nitriles is 1. The van der Waals surface area contributed by atoms with Gasteiger partial charge in [-0.2, -0.15) is 29.8 Å². The van der Waals surface area contributed by atoms with Crippen LogP contribution in [0, 0.1) is 11.3 Å². The molecule has 20 heavy (non-hydrogen) atoms. The number of thiophene rings is 1. The standard InChI is InChI=1S/C14H11F3N2S/c15-14(16,17)13-2-1-12(7-11(13)8-18)19-5-3-10-4-6-20-9-10/h1-2,4,6-7,9,19H,3,5H2. The van der Waals surface area contributed by atoms with E-state index in [1.54, 1.807) is 17.4 Å². The van der Waals surface area contributed by atoms with Gasteiger partial charge in [0.15, 0.2) is 0 Å². The Morgan fingerprint density at radius 2 is 2.05 bits per heavy atom. The number of hydrogen-bond donors (Lipinski definition) is 1. The van der Waals surface area contributed by atoms with E-state index in [2.05, 4.69) is 5.32 Å². The van der Waals surface area contributed by atoms with E-state index < -0.39 is 11.7 Å². The Morgan fingerprint density at radius 3 is 2.65 bits per heavy atom. The molecule has 2 nitrogen and oxygen atoms in total. The van der Waals surface area contributed by atoms with E-state index in [4.69, 9.17) is 5.26 Å². The maximum absolute atomic E-state index is 12.6. The van der Waals surface area contributed by atoms with Gasteiger partial charge in [-0.3, -0.25) is 0 Å². The molecule has 0 saturated carbocycles. The normalized spacial score (nSPS) is 11.1. The quantitative estimate of drug-likeness (QED) is 0.913. The van der Waals surface area contributed by atoms with Crippen molar-refractivity contribution in [1.82, 2.24) is 0 Å². The third-order valence-electron chi connectivity index (χ3n) is 2.77. The smallest absolute Gasteiger partial charge is 0.385 e. The molecule has 1 N–H and O–H groups in total. The highest BCUT2D eigenvalue weighted by molar-refractivity contribution is 7.07. The highest BCUT2D eigenvalue weighted by atomic mass is 32.1. The number of nitrogens with one attached hydrogen (secondary N) is 1. The van der Waals surface area contributed by atoms with Gasteiger partial charge in [0.25, 0.3) is 0 Å². The summed E-state index contributed by atoms with van der Waals surface area (Å²) in [7, 11) is 0. The lowest BCUT2D eigenvalue weighted by atomic mass is 10.1. The summed E-state index contributed by atoms with van der Waals surface area (Å²) in [5.74, 6) is 0. The number of alkyl halides is 3. The molecule has 0 fully saturated rings. The van der Waals surface area contributed by atoms with Crippen molar-refractivity contribution in [3.8, 4) is 6.07 Å². The Bertz CT molecular complexity index is 612. The lowest BCUT2D eigenvalue weighted by Crippen LogP contribution is -2.09. The van der Waals surface area contributed by atoms with Gasteiger partial charge in [-0.05, 0) is 47.0 Å². The van der Waals surface area contributed by atoms with E-state index >= 15 is 0 Å². The molecule has 0 saturated heterocycles. The molecule has 1 aromatic carbocycles. The van der Waals surface area contributed by atoms with Crippen LogP contribution in [0.15, 0.2) is 35.0 Å². The molecule has 0 amide bonds. The van der Waals surface area contributed by atoms with Gasteiger partial charge in [-0.15, -0.1) is 0 Å². The average molecular weight is 296 g/mol. The van der Waals surface area contributed by atoms with Crippen LogP contribution < -0.4 is 5.32 Å². The molecule has 104 valence electrons. The first-order valence-electron chi connectivity index (χ1n) is 5.87. The average Bonchev–Trinajstić information content (AvgIpc) is 2.90. The van der Waals surface area contributed by atoms with E-state index in [1.807, 2.05) is 16.8 Å². The lowest BCUT2D eigenvalue weighted by Gasteiger charge is -2.11. The SMILES string of the molecule is N#Cc1cc(NCCc2ccsc2)ccc1C(F)(F)F. The summed E-state index contributed by atoms with van der Waals surface area (Å²) in [6, 6.07) is 7.10. The monoisotopic (exact) mass is 296 g/mol. The fraction of sp³-hybridized carbons (Fsp3) is 0.214. The zero-order valence-corrected chi connectivity index (χ0v) is 11.2. The van der Waals surface area contributed by atoms with Crippen LogP contribution in [0.1, 0.15) is 16.7 Å². The lowest BCUT2D eigenvalue weighted by molar-refractivity contribution is -0.137. The molecular formula is C14H11F3N2S. The maximum Gasteiger partial charge on any atom is 0.417 e. The Labute approximate surface area is 118 Å². The number of nitrogens with zero attached hydrogens (tertiary/aromatic N) is 1. The van der Waals surface area contributed by atoms with Crippen molar-refractivity contribution in [2.24, 2.45) is 0 Å². The Hall–Kier alpha value is -2.00. The van der Waals surface area contributed by atoms with Crippen LogP contribution in [0.3, 0.4) is 0 Å². The van der Waals surface area contributed by atoms with Crippen LogP contribution in [0.5, 0.6) is 0 Å². The number of halogens is 3. The van der Waals surface area contributed by atoms with Gasteiger partial charge >= 0.3 is 6.18 Å². The molecule has 0 radical (unpaired) electrons. The van der Waals surface area contributed by atoms with Crippen LogP contribution in [0.25, 0.3) is 0 Å². The van der Waals surface area contributed by atoms with Crippen molar-refractivity contribution in [3.63, 3.8) is 0 Å². The van der Waals surface area contributed by atoms with E-state index in [9.17, 15) is 13.2 Å². The molecule has 2 rings (SSSR count). The molecule has 0 aliphatic carbocycles. The highest BCUT2D eigenvalue weighted by Crippen LogP contribution is 2.32. The summed E-state index contributed by atoms with van der Waals surface area (Å²) < 4.78 is 37.9. The molecule has 0 spiro atoms. The summed E-state index contributed by atoms with van der Waals surface area (Å²) in [6.07, 6.45) is -3.72. The molecular weight excluding hydrogens is 285 g/mol. The summed E-state index contributed by atoms with van der Waals surface area (Å²) in [6.45, 7) is 0.604. The molecule has 6 heteroatoms. The molecule has 0 bridgehead atoms. The second-order valence-electron chi connectivity index (χ2n) is 4.18. The maximum atomic E-state index is 12.6. The van der Waals surface area contributed by atoms with Gasteiger partial charge in [0.2, 0.25) is 0 Å². The summed E-state index contributed by atoms with van der Waals surface area (Å²) in [4.78, 5) is 0. The minimum Gasteiger partial charge on any atom is -0.385 e. The number of rotatable bonds is 4. The third kappa shape index (κ3) is 3.52. The van der Waals surface area contributed by atoms with E-state index in [-0.39, 0.29) is 5.56 Å². The highest BCUT2D eigenvalue weighted by Gasteiger charge is 2.33. The Kier molecular flexibility index (Phi) is 4.30. The van der Waals surface area contributed by atoms with Gasteiger partial charge in [0, 0.05) is 12.2 Å². The van der Waals surface area contributed by atoms with Gasteiger partial charge in [0.05, 0.1) is 17.2 Å². The summed E-state index contributed by atoms with van der Waals surface area (Å²) >= 11 is 1.60. The molecule has 1 aromatic heterocycles. The Balaban J connectivity index is 2.05. The van der Waals surface area contributed by atoms with Crippen LogP contribution in [0.4, 0.5) is 18.9 Å². The van der Waals surface area contributed by atoms with Crippen molar-refractivity contribution in [1.29, 1.82) is 5.26 Å². The molecule has 1 heterocycles. The van der Waals surface area contributed by atoms with Crippen LogP contribution in [0.2, 0.25) is 0 Å². The van der Waals surface area contributed by atoms with Crippen molar-refractivity contribution in [2.45, 2.75) is 12.6 Å². The second kappa shape index (κ2) is 5.97. The predicted molar refractivity (Wildman–Crippen MR) is 72.7 cm³/mol. The third-order valence-corrected chi connectivity index (χ3v) is 3.50. The zero-order valence-electron chi connectivity index (χ0n) is 10.4. The number of hydrogen-bond acceptors (Lipinski definition) is 3. The first kappa shape index (κ1) is 14.4. The van der Waals surface area contributed by atoms with Crippen LogP contribution in [-0.4, -0.2) is 6.54 Å². The van der Waals surface area contributed by atoms with Crippen molar-refractivity contribution < 1.29 is 13.2 Å². The van der Waals surface area contributed by atoms with Gasteiger partial charge in [-0.25, -0.2) is 0 Å². The minimum absolute atomic E-state index is 0.363. The van der Waals surface area contributed by atoms with Crippen molar-refractivity contribution in [3.05, 3.63) is 51.7 Å². The largest absolute Gasteiger partial charge is 0.417 e. The molecule has 0 aliphatic rings.